The van der Waals surface area contributed by atoms with Crippen LogP contribution in [-0.2, 0) is 4.65 Å². The smallest absolute Gasteiger partial charge is 0.309 e. The Morgan fingerprint density at radius 2 is 0.891 bits per heavy atom. The first-order valence-corrected chi connectivity index (χ1v) is 15.9. The molecule has 6 aromatic carbocycles. The van der Waals surface area contributed by atoms with E-state index in [2.05, 4.69) is 157 Å². The fraction of sp³-hybridized carbons (Fsp3) is 0.143. The van der Waals surface area contributed by atoms with Crippen molar-refractivity contribution in [2.75, 3.05) is 4.90 Å². The molecule has 0 radical (unpaired) electrons. The minimum atomic E-state index is -0.957. The van der Waals surface area contributed by atoms with Crippen molar-refractivity contribution in [3.8, 4) is 33.4 Å². The van der Waals surface area contributed by atoms with Crippen molar-refractivity contribution in [1.29, 1.82) is 0 Å². The number of para-hydroxylation sites is 1. The Kier molecular flexibility index (Phi) is 8.94. The SMILES string of the molecule is CC(C)(O)C(C)(C)OBc1ccc(N(c2ccc(-c3ccc(-c4ccccc4)cc3)cc2)c2ccccc2-c2ccccc2)cc1. The molecule has 0 aliphatic heterocycles. The van der Waals surface area contributed by atoms with E-state index in [1.807, 2.05) is 19.9 Å². The first-order chi connectivity index (χ1) is 22.2. The van der Waals surface area contributed by atoms with E-state index in [1.165, 1.54) is 22.3 Å². The van der Waals surface area contributed by atoms with Crippen LogP contribution >= 0.6 is 0 Å². The molecular formula is C42H40BNO2. The van der Waals surface area contributed by atoms with E-state index in [0.717, 1.165) is 33.7 Å². The third-order valence-corrected chi connectivity index (χ3v) is 8.95. The third kappa shape index (κ3) is 6.84. The van der Waals surface area contributed by atoms with Crippen molar-refractivity contribution in [1.82, 2.24) is 0 Å². The molecular weight excluding hydrogens is 561 g/mol. The molecule has 46 heavy (non-hydrogen) atoms. The minimum absolute atomic E-state index is 0.412. The molecule has 0 spiro atoms. The summed E-state index contributed by atoms with van der Waals surface area (Å²) >= 11 is 0. The zero-order valence-corrected chi connectivity index (χ0v) is 27.0. The van der Waals surface area contributed by atoms with Gasteiger partial charge in [-0.25, -0.2) is 0 Å². The van der Waals surface area contributed by atoms with Crippen molar-refractivity contribution in [2.24, 2.45) is 0 Å². The van der Waals surface area contributed by atoms with E-state index in [1.54, 1.807) is 13.8 Å². The van der Waals surface area contributed by atoms with Crippen molar-refractivity contribution in [3.05, 3.63) is 158 Å². The molecule has 4 heteroatoms. The molecule has 0 saturated heterocycles. The molecule has 3 nitrogen and oxygen atoms in total. The summed E-state index contributed by atoms with van der Waals surface area (Å²) in [6.45, 7) is 7.40. The zero-order valence-electron chi connectivity index (χ0n) is 27.0. The first kappa shape index (κ1) is 31.1. The summed E-state index contributed by atoms with van der Waals surface area (Å²) in [5, 5.41) is 10.5. The summed E-state index contributed by atoms with van der Waals surface area (Å²) in [4.78, 5) is 2.32. The van der Waals surface area contributed by atoms with E-state index in [-0.39, 0.29) is 0 Å². The summed E-state index contributed by atoms with van der Waals surface area (Å²) < 4.78 is 6.15. The Balaban J connectivity index is 1.34. The van der Waals surface area contributed by atoms with Gasteiger partial charge in [0.05, 0.1) is 16.9 Å². The van der Waals surface area contributed by atoms with E-state index < -0.39 is 11.2 Å². The molecule has 0 unspecified atom stereocenters. The zero-order chi connectivity index (χ0) is 32.1. The number of hydrogen-bond acceptors (Lipinski definition) is 3. The van der Waals surface area contributed by atoms with Gasteiger partial charge in [0.15, 0.2) is 0 Å². The fourth-order valence-corrected chi connectivity index (χ4v) is 5.43. The van der Waals surface area contributed by atoms with E-state index >= 15 is 0 Å². The molecule has 0 bridgehead atoms. The van der Waals surface area contributed by atoms with Crippen LogP contribution in [0.5, 0.6) is 0 Å². The fourth-order valence-electron chi connectivity index (χ4n) is 5.43. The summed E-state index contributed by atoms with van der Waals surface area (Å²) in [6.07, 6.45) is 0. The molecule has 0 amide bonds. The maximum atomic E-state index is 10.5. The lowest BCUT2D eigenvalue weighted by atomic mass is 9.82. The Morgan fingerprint density at radius 1 is 0.478 bits per heavy atom. The molecule has 1 N–H and O–H groups in total. The lowest BCUT2D eigenvalue weighted by Crippen LogP contribution is -2.49. The van der Waals surface area contributed by atoms with Gasteiger partial charge in [-0.2, -0.15) is 0 Å². The highest BCUT2D eigenvalue weighted by molar-refractivity contribution is 6.47. The van der Waals surface area contributed by atoms with Crippen molar-refractivity contribution in [2.45, 2.75) is 38.9 Å². The van der Waals surface area contributed by atoms with Crippen LogP contribution in [0.15, 0.2) is 158 Å². The van der Waals surface area contributed by atoms with Crippen LogP contribution < -0.4 is 10.4 Å². The molecule has 6 aromatic rings. The van der Waals surface area contributed by atoms with Gasteiger partial charge in [0.1, 0.15) is 0 Å². The Morgan fingerprint density at radius 3 is 1.41 bits per heavy atom. The summed E-state index contributed by atoms with van der Waals surface area (Å²) in [6, 6.07) is 55.6. The number of rotatable bonds is 10. The molecule has 0 saturated carbocycles. The minimum Gasteiger partial charge on any atom is -0.427 e. The standard InChI is InChI=1S/C42H40BNO2/c1-41(2,45)42(3,4)46-43-36-25-29-38(30-26-36)44(40-18-12-11-17-39(40)35-15-9-6-10-16-35)37-27-23-34(24-28-37)33-21-19-32(20-22-33)31-13-7-5-8-14-31/h5-30,43,45H,1-4H3. The molecule has 0 aliphatic rings. The largest absolute Gasteiger partial charge is 0.427 e. The van der Waals surface area contributed by atoms with E-state index in [0.29, 0.717) is 7.48 Å². The van der Waals surface area contributed by atoms with Gasteiger partial charge in [0, 0.05) is 16.9 Å². The van der Waals surface area contributed by atoms with E-state index in [9.17, 15) is 5.11 Å². The van der Waals surface area contributed by atoms with Gasteiger partial charge in [-0.15, -0.1) is 0 Å². The topological polar surface area (TPSA) is 32.7 Å². The van der Waals surface area contributed by atoms with E-state index in [4.69, 9.17) is 4.65 Å². The maximum absolute atomic E-state index is 10.5. The second kappa shape index (κ2) is 13.2. The van der Waals surface area contributed by atoms with Gasteiger partial charge in [0.25, 0.3) is 0 Å². The number of aliphatic hydroxyl groups is 1. The van der Waals surface area contributed by atoms with Crippen LogP contribution in [0.25, 0.3) is 33.4 Å². The molecule has 0 atom stereocenters. The van der Waals surface area contributed by atoms with Gasteiger partial charge in [-0.3, -0.25) is 0 Å². The van der Waals surface area contributed by atoms with Crippen molar-refractivity contribution >= 4 is 30.0 Å². The lowest BCUT2D eigenvalue weighted by molar-refractivity contribution is -0.0893. The monoisotopic (exact) mass is 601 g/mol. The van der Waals surface area contributed by atoms with Crippen LogP contribution in [-0.4, -0.2) is 23.8 Å². The second-order valence-electron chi connectivity index (χ2n) is 12.7. The summed E-state index contributed by atoms with van der Waals surface area (Å²) in [5.41, 5.74) is 9.72. The van der Waals surface area contributed by atoms with Gasteiger partial charge in [0.2, 0.25) is 0 Å². The Labute approximate surface area is 274 Å². The Bertz CT molecular complexity index is 1860. The van der Waals surface area contributed by atoms with Gasteiger partial charge in [-0.1, -0.05) is 133 Å². The highest BCUT2D eigenvalue weighted by Crippen LogP contribution is 2.41. The molecule has 228 valence electrons. The van der Waals surface area contributed by atoms with Crippen molar-refractivity contribution < 1.29 is 9.76 Å². The average Bonchev–Trinajstić information content (AvgIpc) is 3.09. The quantitative estimate of drug-likeness (QED) is 0.159. The summed E-state index contributed by atoms with van der Waals surface area (Å²) in [7, 11) is 0.412. The lowest BCUT2D eigenvalue weighted by Gasteiger charge is -2.37. The van der Waals surface area contributed by atoms with Gasteiger partial charge in [-0.05, 0) is 85.8 Å². The highest BCUT2D eigenvalue weighted by atomic mass is 16.5. The van der Waals surface area contributed by atoms with Crippen LogP contribution in [0.4, 0.5) is 17.1 Å². The number of nitrogens with zero attached hydrogens (tertiary/aromatic N) is 1. The highest BCUT2D eigenvalue weighted by Gasteiger charge is 2.35. The third-order valence-electron chi connectivity index (χ3n) is 8.95. The summed E-state index contributed by atoms with van der Waals surface area (Å²) in [5.74, 6) is 0. The Hall–Kier alpha value is -4.90. The number of anilines is 3. The van der Waals surface area contributed by atoms with Crippen LogP contribution in [0.2, 0.25) is 0 Å². The molecule has 0 aromatic heterocycles. The molecule has 0 fully saturated rings. The maximum Gasteiger partial charge on any atom is 0.309 e. The molecule has 0 heterocycles. The van der Waals surface area contributed by atoms with Gasteiger partial charge >= 0.3 is 7.48 Å². The van der Waals surface area contributed by atoms with Crippen LogP contribution in [0.3, 0.4) is 0 Å². The average molecular weight is 602 g/mol. The molecule has 6 rings (SSSR count). The van der Waals surface area contributed by atoms with Crippen molar-refractivity contribution in [3.63, 3.8) is 0 Å². The normalized spacial score (nSPS) is 11.7. The van der Waals surface area contributed by atoms with Crippen LogP contribution in [0.1, 0.15) is 27.7 Å². The predicted molar refractivity (Wildman–Crippen MR) is 196 cm³/mol. The molecule has 0 aliphatic carbocycles. The number of hydrogen-bond donors (Lipinski definition) is 1. The van der Waals surface area contributed by atoms with Crippen LogP contribution in [0, 0.1) is 0 Å². The predicted octanol–water partition coefficient (Wildman–Crippen LogP) is 9.70. The van der Waals surface area contributed by atoms with Gasteiger partial charge < -0.3 is 14.7 Å². The number of benzene rings is 6. The first-order valence-electron chi connectivity index (χ1n) is 15.9. The second-order valence-corrected chi connectivity index (χ2v) is 12.7.